The van der Waals surface area contributed by atoms with Gasteiger partial charge in [-0.3, -0.25) is 4.79 Å². The van der Waals surface area contributed by atoms with Gasteiger partial charge in [0.15, 0.2) is 0 Å². The Morgan fingerprint density at radius 2 is 2.38 bits per heavy atom. The zero-order chi connectivity index (χ0) is 15.2. The number of carbonyl (C=O) groups is 1. The summed E-state index contributed by atoms with van der Waals surface area (Å²) in [7, 11) is 0. The summed E-state index contributed by atoms with van der Waals surface area (Å²) in [4.78, 5) is 11.7. The molecule has 2 aromatic rings. The molecule has 1 amide bonds. The van der Waals surface area contributed by atoms with E-state index in [0.717, 1.165) is 5.56 Å². The zero-order valence-corrected chi connectivity index (χ0v) is 12.9. The van der Waals surface area contributed by atoms with E-state index in [9.17, 15) is 4.79 Å². The number of amides is 1. The van der Waals surface area contributed by atoms with Crippen LogP contribution in [0.25, 0.3) is 11.5 Å². The fraction of sp³-hybridized carbons (Fsp3) is 0.214. The van der Waals surface area contributed by atoms with E-state index in [1.54, 1.807) is 31.2 Å². The predicted molar refractivity (Wildman–Crippen MR) is 83.3 cm³/mol. The highest BCUT2D eigenvalue weighted by atomic mass is 35.5. The lowest BCUT2D eigenvalue weighted by atomic mass is 10.2. The van der Waals surface area contributed by atoms with Gasteiger partial charge < -0.3 is 9.73 Å². The molecule has 0 aliphatic carbocycles. The summed E-state index contributed by atoms with van der Waals surface area (Å²) < 4.78 is 5.53. The average Bonchev–Trinajstić information content (AvgIpc) is 2.93. The summed E-state index contributed by atoms with van der Waals surface area (Å²) in [5.41, 5.74) is 0.741. The molecule has 2 rings (SSSR count). The van der Waals surface area contributed by atoms with Crippen molar-refractivity contribution in [2.45, 2.75) is 17.4 Å². The van der Waals surface area contributed by atoms with Crippen molar-refractivity contribution in [3.63, 3.8) is 0 Å². The van der Waals surface area contributed by atoms with Crippen molar-refractivity contribution < 1.29 is 9.21 Å². The van der Waals surface area contributed by atoms with Crippen molar-refractivity contribution >= 4 is 29.3 Å². The van der Waals surface area contributed by atoms with Crippen LogP contribution in [0.5, 0.6) is 0 Å². The third kappa shape index (κ3) is 4.34. The molecule has 7 heteroatoms. The summed E-state index contributed by atoms with van der Waals surface area (Å²) in [5.74, 6) is 0.265. The number of benzene rings is 1. The monoisotopic (exact) mass is 323 g/mol. The van der Waals surface area contributed by atoms with E-state index in [1.165, 1.54) is 11.8 Å². The van der Waals surface area contributed by atoms with Crippen molar-refractivity contribution in [1.29, 1.82) is 0 Å². The number of nitrogens with one attached hydrogen (secondary N) is 1. The van der Waals surface area contributed by atoms with Gasteiger partial charge in [0.25, 0.3) is 5.22 Å². The molecule has 0 bridgehead atoms. The molecule has 1 aromatic carbocycles. The Balaban J connectivity index is 2.03. The van der Waals surface area contributed by atoms with E-state index in [4.69, 9.17) is 16.0 Å². The van der Waals surface area contributed by atoms with E-state index in [-0.39, 0.29) is 11.2 Å². The lowest BCUT2D eigenvalue weighted by molar-refractivity contribution is -0.120. The molecule has 1 aromatic heterocycles. The van der Waals surface area contributed by atoms with E-state index in [2.05, 4.69) is 22.1 Å². The van der Waals surface area contributed by atoms with Crippen LogP contribution >= 0.6 is 23.4 Å². The molecular formula is C14H14ClN3O2S. The molecule has 1 N–H and O–H groups in total. The molecule has 0 radical (unpaired) electrons. The van der Waals surface area contributed by atoms with E-state index < -0.39 is 0 Å². The Morgan fingerprint density at radius 3 is 3.10 bits per heavy atom. The van der Waals surface area contributed by atoms with Crippen LogP contribution in [0.15, 0.2) is 46.6 Å². The molecule has 1 unspecified atom stereocenters. The Labute approximate surface area is 131 Å². The van der Waals surface area contributed by atoms with Gasteiger partial charge in [-0.15, -0.1) is 16.8 Å². The van der Waals surface area contributed by atoms with Crippen molar-refractivity contribution in [3.05, 3.63) is 41.9 Å². The van der Waals surface area contributed by atoms with Crippen molar-refractivity contribution in [1.82, 2.24) is 15.5 Å². The van der Waals surface area contributed by atoms with Crippen molar-refractivity contribution in [2.75, 3.05) is 6.54 Å². The molecule has 0 aliphatic rings. The van der Waals surface area contributed by atoms with Gasteiger partial charge >= 0.3 is 0 Å². The van der Waals surface area contributed by atoms with E-state index >= 15 is 0 Å². The number of halogens is 1. The molecule has 0 saturated carbocycles. The number of carbonyl (C=O) groups excluding carboxylic acids is 1. The van der Waals surface area contributed by atoms with Gasteiger partial charge in [-0.1, -0.05) is 35.5 Å². The van der Waals surface area contributed by atoms with Crippen LogP contribution in [0, 0.1) is 0 Å². The van der Waals surface area contributed by atoms with Crippen LogP contribution in [-0.4, -0.2) is 27.9 Å². The van der Waals surface area contributed by atoms with Crippen LogP contribution in [0.3, 0.4) is 0 Å². The van der Waals surface area contributed by atoms with Crippen LogP contribution in [0.1, 0.15) is 6.92 Å². The third-order valence-electron chi connectivity index (χ3n) is 2.55. The van der Waals surface area contributed by atoms with Gasteiger partial charge in [0.1, 0.15) is 0 Å². The number of hydrogen-bond donors (Lipinski definition) is 1. The third-order valence-corrected chi connectivity index (χ3v) is 3.71. The van der Waals surface area contributed by atoms with Gasteiger partial charge in [0, 0.05) is 17.1 Å². The maximum atomic E-state index is 11.7. The standard InChI is InChI=1S/C14H14ClN3O2S/c1-3-7-16-12(19)9(2)21-14-18-17-13(20-14)10-5-4-6-11(15)8-10/h3-6,8-9H,1,7H2,2H3,(H,16,19). The number of nitrogens with zero attached hydrogens (tertiary/aromatic N) is 2. The summed E-state index contributed by atoms with van der Waals surface area (Å²) in [6.45, 7) is 5.75. The molecule has 1 atom stereocenters. The summed E-state index contributed by atoms with van der Waals surface area (Å²) in [6.07, 6.45) is 1.62. The Hall–Kier alpha value is -1.79. The van der Waals surface area contributed by atoms with Crippen LogP contribution in [0.2, 0.25) is 5.02 Å². The molecule has 1 heterocycles. The minimum absolute atomic E-state index is 0.109. The molecule has 21 heavy (non-hydrogen) atoms. The first-order valence-corrected chi connectivity index (χ1v) is 7.50. The molecule has 0 aliphatic heterocycles. The van der Waals surface area contributed by atoms with Gasteiger partial charge in [-0.2, -0.15) is 0 Å². The number of thioether (sulfide) groups is 1. The molecule has 0 saturated heterocycles. The fourth-order valence-corrected chi connectivity index (χ4v) is 2.41. The highest BCUT2D eigenvalue weighted by molar-refractivity contribution is 8.00. The largest absolute Gasteiger partial charge is 0.411 e. The number of hydrogen-bond acceptors (Lipinski definition) is 5. The van der Waals surface area contributed by atoms with Crippen molar-refractivity contribution in [2.24, 2.45) is 0 Å². The van der Waals surface area contributed by atoms with E-state index in [0.29, 0.717) is 22.7 Å². The molecule has 0 spiro atoms. The maximum Gasteiger partial charge on any atom is 0.277 e. The van der Waals surface area contributed by atoms with Crippen LogP contribution < -0.4 is 5.32 Å². The first-order valence-electron chi connectivity index (χ1n) is 6.25. The van der Waals surface area contributed by atoms with Crippen LogP contribution in [-0.2, 0) is 4.79 Å². The van der Waals surface area contributed by atoms with Gasteiger partial charge in [-0.05, 0) is 25.1 Å². The number of rotatable bonds is 6. The van der Waals surface area contributed by atoms with E-state index in [1.807, 2.05) is 6.07 Å². The lowest BCUT2D eigenvalue weighted by Crippen LogP contribution is -2.30. The minimum atomic E-state index is -0.336. The van der Waals surface area contributed by atoms with Gasteiger partial charge in [0.05, 0.1) is 5.25 Å². The minimum Gasteiger partial charge on any atom is -0.411 e. The Morgan fingerprint density at radius 1 is 1.57 bits per heavy atom. The second-order valence-electron chi connectivity index (χ2n) is 4.18. The molecule has 0 fully saturated rings. The second-order valence-corrected chi connectivity index (χ2v) is 5.91. The smallest absolute Gasteiger partial charge is 0.277 e. The Bertz CT molecular complexity index is 645. The normalized spacial score (nSPS) is 11.9. The molecular weight excluding hydrogens is 310 g/mol. The van der Waals surface area contributed by atoms with Gasteiger partial charge in [-0.25, -0.2) is 0 Å². The highest BCUT2D eigenvalue weighted by Crippen LogP contribution is 2.27. The highest BCUT2D eigenvalue weighted by Gasteiger charge is 2.18. The zero-order valence-electron chi connectivity index (χ0n) is 11.4. The van der Waals surface area contributed by atoms with Gasteiger partial charge in [0.2, 0.25) is 11.8 Å². The summed E-state index contributed by atoms with van der Waals surface area (Å²) in [6, 6.07) is 7.14. The van der Waals surface area contributed by atoms with Crippen molar-refractivity contribution in [3.8, 4) is 11.5 Å². The first-order chi connectivity index (χ1) is 10.1. The average molecular weight is 324 g/mol. The fourth-order valence-electron chi connectivity index (χ4n) is 1.52. The SMILES string of the molecule is C=CCNC(=O)C(C)Sc1nnc(-c2cccc(Cl)c2)o1. The summed E-state index contributed by atoms with van der Waals surface area (Å²) >= 11 is 7.12. The number of aromatic nitrogens is 2. The quantitative estimate of drug-likeness (QED) is 0.653. The summed E-state index contributed by atoms with van der Waals surface area (Å²) in [5, 5.41) is 11.2. The Kier molecular flexibility index (Phi) is 5.41. The predicted octanol–water partition coefficient (Wildman–Crippen LogP) is 3.17. The maximum absolute atomic E-state index is 11.7. The molecule has 110 valence electrons. The molecule has 5 nitrogen and oxygen atoms in total. The van der Waals surface area contributed by atoms with Crippen LogP contribution in [0.4, 0.5) is 0 Å². The lowest BCUT2D eigenvalue weighted by Gasteiger charge is -2.07. The topological polar surface area (TPSA) is 68.0 Å². The second kappa shape index (κ2) is 7.28. The first kappa shape index (κ1) is 15.6.